The van der Waals surface area contributed by atoms with Gasteiger partial charge in [0.15, 0.2) is 0 Å². The molecule has 0 aromatic heterocycles. The molecule has 1 heterocycles. The molecule has 1 amide bonds. The topological polar surface area (TPSA) is 29.5 Å². The summed E-state index contributed by atoms with van der Waals surface area (Å²) in [5, 5.41) is 0. The summed E-state index contributed by atoms with van der Waals surface area (Å²) < 4.78 is 5.28. The highest BCUT2D eigenvalue weighted by Crippen LogP contribution is 2.16. The van der Waals surface area contributed by atoms with Crippen LogP contribution in [0.1, 0.15) is 19.8 Å². The first-order valence-electron chi connectivity index (χ1n) is 5.00. The van der Waals surface area contributed by atoms with Crippen LogP contribution in [0.15, 0.2) is 0 Å². The molecule has 0 aromatic rings. The zero-order valence-corrected chi connectivity index (χ0v) is 8.66. The Morgan fingerprint density at radius 3 is 3.14 bits per heavy atom. The first-order chi connectivity index (χ1) is 6.74. The van der Waals surface area contributed by atoms with Gasteiger partial charge in [0.05, 0.1) is 6.61 Å². The van der Waals surface area contributed by atoms with E-state index in [0.29, 0.717) is 19.1 Å². The SMILES string of the molecule is C#CCOCC1CCCN(C(C)=O)C1. The van der Waals surface area contributed by atoms with E-state index in [1.165, 1.54) is 0 Å². The van der Waals surface area contributed by atoms with Crippen LogP contribution in [0.25, 0.3) is 0 Å². The van der Waals surface area contributed by atoms with Crippen molar-refractivity contribution in [3.63, 3.8) is 0 Å². The van der Waals surface area contributed by atoms with Crippen LogP contribution in [0.2, 0.25) is 0 Å². The van der Waals surface area contributed by atoms with Crippen LogP contribution >= 0.6 is 0 Å². The van der Waals surface area contributed by atoms with Gasteiger partial charge in [-0.05, 0) is 18.8 Å². The zero-order valence-electron chi connectivity index (χ0n) is 8.66. The van der Waals surface area contributed by atoms with E-state index in [2.05, 4.69) is 5.92 Å². The number of piperidine rings is 1. The lowest BCUT2D eigenvalue weighted by atomic mass is 9.99. The minimum Gasteiger partial charge on any atom is -0.368 e. The Kier molecular flexibility index (Phi) is 4.48. The van der Waals surface area contributed by atoms with Crippen LogP contribution in [0.4, 0.5) is 0 Å². The third-order valence-corrected chi connectivity index (χ3v) is 2.50. The highest BCUT2D eigenvalue weighted by atomic mass is 16.5. The molecular weight excluding hydrogens is 178 g/mol. The monoisotopic (exact) mass is 195 g/mol. The third kappa shape index (κ3) is 3.39. The van der Waals surface area contributed by atoms with Crippen molar-refractivity contribution >= 4 is 5.91 Å². The molecular formula is C11H17NO2. The first kappa shape index (κ1) is 11.1. The Labute approximate surface area is 85.4 Å². The largest absolute Gasteiger partial charge is 0.368 e. The summed E-state index contributed by atoms with van der Waals surface area (Å²) in [5.41, 5.74) is 0. The number of terminal acetylenes is 1. The molecule has 0 N–H and O–H groups in total. The maximum atomic E-state index is 11.1. The van der Waals surface area contributed by atoms with Gasteiger partial charge in [-0.1, -0.05) is 5.92 Å². The molecule has 0 bridgehead atoms. The summed E-state index contributed by atoms with van der Waals surface area (Å²) in [6, 6.07) is 0. The van der Waals surface area contributed by atoms with Gasteiger partial charge in [-0.3, -0.25) is 4.79 Å². The van der Waals surface area contributed by atoms with Crippen molar-refractivity contribution in [3.8, 4) is 12.3 Å². The smallest absolute Gasteiger partial charge is 0.219 e. The fourth-order valence-corrected chi connectivity index (χ4v) is 1.77. The summed E-state index contributed by atoms with van der Waals surface area (Å²) in [6.45, 7) is 4.37. The molecule has 0 radical (unpaired) electrons. The van der Waals surface area contributed by atoms with E-state index in [1.54, 1.807) is 6.92 Å². The molecule has 3 nitrogen and oxygen atoms in total. The van der Waals surface area contributed by atoms with E-state index in [-0.39, 0.29) is 5.91 Å². The fraction of sp³-hybridized carbons (Fsp3) is 0.727. The summed E-state index contributed by atoms with van der Waals surface area (Å²) in [5.74, 6) is 3.06. The van der Waals surface area contributed by atoms with Crippen molar-refractivity contribution in [3.05, 3.63) is 0 Å². The van der Waals surface area contributed by atoms with E-state index in [9.17, 15) is 4.79 Å². The summed E-state index contributed by atoms with van der Waals surface area (Å²) in [4.78, 5) is 13.0. The highest BCUT2D eigenvalue weighted by Gasteiger charge is 2.21. The quantitative estimate of drug-likeness (QED) is 0.494. The van der Waals surface area contributed by atoms with E-state index in [4.69, 9.17) is 11.2 Å². The molecule has 0 saturated carbocycles. The van der Waals surface area contributed by atoms with Crippen molar-refractivity contribution < 1.29 is 9.53 Å². The standard InChI is InChI=1S/C11H17NO2/c1-3-7-14-9-11-5-4-6-12(8-11)10(2)13/h1,11H,4-9H2,2H3. The van der Waals surface area contributed by atoms with Gasteiger partial charge in [-0.2, -0.15) is 0 Å². The second-order valence-corrected chi connectivity index (χ2v) is 3.69. The molecule has 14 heavy (non-hydrogen) atoms. The molecule has 1 saturated heterocycles. The first-order valence-corrected chi connectivity index (χ1v) is 5.00. The Bertz CT molecular complexity index is 232. The van der Waals surface area contributed by atoms with E-state index < -0.39 is 0 Å². The maximum Gasteiger partial charge on any atom is 0.219 e. The molecule has 0 aromatic carbocycles. The van der Waals surface area contributed by atoms with Crippen LogP contribution in [0.3, 0.4) is 0 Å². The third-order valence-electron chi connectivity index (χ3n) is 2.50. The van der Waals surface area contributed by atoms with Crippen molar-refractivity contribution in [2.75, 3.05) is 26.3 Å². The Balaban J connectivity index is 2.26. The van der Waals surface area contributed by atoms with Gasteiger partial charge in [0.25, 0.3) is 0 Å². The van der Waals surface area contributed by atoms with Crippen LogP contribution in [-0.2, 0) is 9.53 Å². The molecule has 1 aliphatic rings. The van der Waals surface area contributed by atoms with Crippen molar-refractivity contribution in [1.29, 1.82) is 0 Å². The molecule has 0 aliphatic carbocycles. The van der Waals surface area contributed by atoms with E-state index in [1.807, 2.05) is 4.90 Å². The number of carbonyl (C=O) groups is 1. The molecule has 1 atom stereocenters. The molecule has 1 aliphatic heterocycles. The van der Waals surface area contributed by atoms with Crippen LogP contribution in [0.5, 0.6) is 0 Å². The predicted octanol–water partition coefficient (Wildman–Crippen LogP) is 0.895. The number of hydrogen-bond acceptors (Lipinski definition) is 2. The number of carbonyl (C=O) groups excluding carboxylic acids is 1. The molecule has 0 spiro atoms. The second kappa shape index (κ2) is 5.66. The van der Waals surface area contributed by atoms with Crippen LogP contribution in [0, 0.1) is 18.3 Å². The number of likely N-dealkylation sites (tertiary alicyclic amines) is 1. The van der Waals surface area contributed by atoms with Crippen molar-refractivity contribution in [2.24, 2.45) is 5.92 Å². The van der Waals surface area contributed by atoms with Crippen molar-refractivity contribution in [1.82, 2.24) is 4.90 Å². The van der Waals surface area contributed by atoms with Gasteiger partial charge in [-0.15, -0.1) is 6.42 Å². The van der Waals surface area contributed by atoms with Crippen LogP contribution < -0.4 is 0 Å². The Morgan fingerprint density at radius 1 is 1.71 bits per heavy atom. The van der Waals surface area contributed by atoms with Crippen molar-refractivity contribution in [2.45, 2.75) is 19.8 Å². The summed E-state index contributed by atoms with van der Waals surface area (Å²) in [6.07, 6.45) is 7.29. The van der Waals surface area contributed by atoms with Gasteiger partial charge in [0, 0.05) is 20.0 Å². The average molecular weight is 195 g/mol. The molecule has 1 rings (SSSR count). The lowest BCUT2D eigenvalue weighted by Crippen LogP contribution is -2.40. The fourth-order valence-electron chi connectivity index (χ4n) is 1.77. The molecule has 78 valence electrons. The Morgan fingerprint density at radius 2 is 2.50 bits per heavy atom. The molecule has 3 heteroatoms. The molecule has 1 unspecified atom stereocenters. The lowest BCUT2D eigenvalue weighted by Gasteiger charge is -2.31. The normalized spacial score (nSPS) is 21.7. The minimum atomic E-state index is 0.159. The number of hydrogen-bond donors (Lipinski definition) is 0. The minimum absolute atomic E-state index is 0.159. The number of nitrogens with zero attached hydrogens (tertiary/aromatic N) is 1. The van der Waals surface area contributed by atoms with Crippen LogP contribution in [-0.4, -0.2) is 37.1 Å². The second-order valence-electron chi connectivity index (χ2n) is 3.69. The zero-order chi connectivity index (χ0) is 10.4. The predicted molar refractivity (Wildman–Crippen MR) is 54.6 cm³/mol. The summed E-state index contributed by atoms with van der Waals surface area (Å²) >= 11 is 0. The lowest BCUT2D eigenvalue weighted by molar-refractivity contribution is -0.131. The number of amides is 1. The molecule has 1 fully saturated rings. The average Bonchev–Trinajstić information content (AvgIpc) is 2.19. The number of ether oxygens (including phenoxy) is 1. The van der Waals surface area contributed by atoms with E-state index >= 15 is 0 Å². The number of rotatable bonds is 3. The highest BCUT2D eigenvalue weighted by molar-refractivity contribution is 5.73. The summed E-state index contributed by atoms with van der Waals surface area (Å²) in [7, 11) is 0. The Hall–Kier alpha value is -1.01. The van der Waals surface area contributed by atoms with Gasteiger partial charge in [0.1, 0.15) is 6.61 Å². The van der Waals surface area contributed by atoms with Gasteiger partial charge in [0.2, 0.25) is 5.91 Å². The van der Waals surface area contributed by atoms with Gasteiger partial charge >= 0.3 is 0 Å². The van der Waals surface area contributed by atoms with Gasteiger partial charge in [-0.25, -0.2) is 0 Å². The maximum absolute atomic E-state index is 11.1. The van der Waals surface area contributed by atoms with E-state index in [0.717, 1.165) is 25.9 Å². The van der Waals surface area contributed by atoms with Gasteiger partial charge < -0.3 is 9.64 Å².